The Morgan fingerprint density at radius 2 is 1.57 bits per heavy atom. The monoisotopic (exact) mass is 204 g/mol. The predicted octanol–water partition coefficient (Wildman–Crippen LogP) is 3.24. The first-order chi connectivity index (χ1) is 6.37. The van der Waals surface area contributed by atoms with Crippen LogP contribution in [0.2, 0.25) is 0 Å². The van der Waals surface area contributed by atoms with Crippen LogP contribution in [0.5, 0.6) is 5.75 Å². The van der Waals surface area contributed by atoms with Crippen LogP contribution in [0.3, 0.4) is 0 Å². The highest BCUT2D eigenvalue weighted by Gasteiger charge is 2.28. The number of benzene rings is 1. The fraction of sp³-hybridized carbons (Fsp3) is 0.400. The topological polar surface area (TPSA) is 9.23 Å². The molecule has 0 bridgehead atoms. The summed E-state index contributed by atoms with van der Waals surface area (Å²) < 4.78 is 40.1. The van der Waals surface area contributed by atoms with Crippen LogP contribution in [-0.2, 0) is 0 Å². The Morgan fingerprint density at radius 1 is 1.07 bits per heavy atom. The maximum Gasteiger partial charge on any atom is 0.422 e. The summed E-state index contributed by atoms with van der Waals surface area (Å²) in [6.07, 6.45) is -4.28. The molecule has 0 heterocycles. The second-order valence-electron chi connectivity index (χ2n) is 3.23. The van der Waals surface area contributed by atoms with Gasteiger partial charge in [0, 0.05) is 0 Å². The molecule has 0 atom stereocenters. The molecule has 1 nitrogen and oxygen atoms in total. The number of hydrogen-bond acceptors (Lipinski definition) is 1. The lowest BCUT2D eigenvalue weighted by Gasteiger charge is -2.10. The van der Waals surface area contributed by atoms with Gasteiger partial charge in [-0.1, -0.05) is 6.07 Å². The zero-order valence-electron chi connectivity index (χ0n) is 7.98. The molecule has 0 fully saturated rings. The Balaban J connectivity index is 2.68. The van der Waals surface area contributed by atoms with E-state index < -0.39 is 12.8 Å². The molecule has 0 aromatic heterocycles. The summed E-state index contributed by atoms with van der Waals surface area (Å²) in [7, 11) is 0. The fourth-order valence-electron chi connectivity index (χ4n) is 1.18. The SMILES string of the molecule is Cc1cc(C)cc(OCC(F)(F)F)c1. The van der Waals surface area contributed by atoms with Gasteiger partial charge in [-0.25, -0.2) is 0 Å². The van der Waals surface area contributed by atoms with Gasteiger partial charge in [0.15, 0.2) is 6.61 Å². The molecular weight excluding hydrogens is 193 g/mol. The predicted molar refractivity (Wildman–Crippen MR) is 47.5 cm³/mol. The standard InChI is InChI=1S/C10H11F3O/c1-7-3-8(2)5-9(4-7)14-6-10(11,12)13/h3-5H,6H2,1-2H3. The average Bonchev–Trinajstić information content (AvgIpc) is 1.97. The smallest absolute Gasteiger partial charge is 0.422 e. The maximum atomic E-state index is 11.8. The van der Waals surface area contributed by atoms with E-state index in [9.17, 15) is 13.2 Å². The minimum Gasteiger partial charge on any atom is -0.484 e. The zero-order chi connectivity index (χ0) is 10.8. The van der Waals surface area contributed by atoms with Gasteiger partial charge in [0.2, 0.25) is 0 Å². The lowest BCUT2D eigenvalue weighted by molar-refractivity contribution is -0.153. The molecule has 0 saturated heterocycles. The first kappa shape index (κ1) is 10.9. The normalized spacial score (nSPS) is 11.5. The zero-order valence-corrected chi connectivity index (χ0v) is 7.98. The van der Waals surface area contributed by atoms with Gasteiger partial charge in [0.1, 0.15) is 5.75 Å². The van der Waals surface area contributed by atoms with Crippen molar-refractivity contribution in [1.82, 2.24) is 0 Å². The maximum absolute atomic E-state index is 11.8. The number of alkyl halides is 3. The molecule has 0 aliphatic heterocycles. The number of rotatable bonds is 2. The first-order valence-electron chi connectivity index (χ1n) is 4.15. The van der Waals surface area contributed by atoms with Crippen LogP contribution < -0.4 is 4.74 Å². The second-order valence-corrected chi connectivity index (χ2v) is 3.23. The lowest BCUT2D eigenvalue weighted by atomic mass is 10.1. The third kappa shape index (κ3) is 3.68. The van der Waals surface area contributed by atoms with E-state index in [2.05, 4.69) is 4.74 Å². The highest BCUT2D eigenvalue weighted by Crippen LogP contribution is 2.20. The Kier molecular flexibility index (Phi) is 3.03. The van der Waals surface area contributed by atoms with E-state index in [0.29, 0.717) is 0 Å². The van der Waals surface area contributed by atoms with E-state index in [1.807, 2.05) is 19.9 Å². The summed E-state index contributed by atoms with van der Waals surface area (Å²) >= 11 is 0. The fourth-order valence-corrected chi connectivity index (χ4v) is 1.18. The van der Waals surface area contributed by atoms with E-state index in [4.69, 9.17) is 0 Å². The molecule has 1 aromatic rings. The van der Waals surface area contributed by atoms with Crippen molar-refractivity contribution in [3.05, 3.63) is 29.3 Å². The van der Waals surface area contributed by atoms with Gasteiger partial charge in [-0.2, -0.15) is 13.2 Å². The van der Waals surface area contributed by atoms with Crippen LogP contribution >= 0.6 is 0 Å². The lowest BCUT2D eigenvalue weighted by Crippen LogP contribution is -2.19. The largest absolute Gasteiger partial charge is 0.484 e. The second kappa shape index (κ2) is 3.90. The average molecular weight is 204 g/mol. The van der Waals surface area contributed by atoms with E-state index in [1.54, 1.807) is 12.1 Å². The Morgan fingerprint density at radius 3 is 2.00 bits per heavy atom. The highest BCUT2D eigenvalue weighted by molar-refractivity contribution is 5.32. The van der Waals surface area contributed by atoms with Crippen LogP contribution in [0.4, 0.5) is 13.2 Å². The summed E-state index contributed by atoms with van der Waals surface area (Å²) in [6, 6.07) is 5.04. The third-order valence-corrected chi connectivity index (χ3v) is 1.60. The van der Waals surface area contributed by atoms with E-state index in [1.165, 1.54) is 0 Å². The summed E-state index contributed by atoms with van der Waals surface area (Å²) in [5.74, 6) is 0.264. The number of hydrogen-bond donors (Lipinski definition) is 0. The Hall–Kier alpha value is -1.19. The minimum absolute atomic E-state index is 0.264. The van der Waals surface area contributed by atoms with Crippen LogP contribution in [0.15, 0.2) is 18.2 Å². The van der Waals surface area contributed by atoms with Crippen molar-refractivity contribution in [3.8, 4) is 5.75 Å². The van der Waals surface area contributed by atoms with Gasteiger partial charge >= 0.3 is 6.18 Å². The van der Waals surface area contributed by atoms with E-state index in [0.717, 1.165) is 11.1 Å². The van der Waals surface area contributed by atoms with Crippen LogP contribution in [0, 0.1) is 13.8 Å². The molecule has 4 heteroatoms. The van der Waals surface area contributed by atoms with Crippen LogP contribution in [0.1, 0.15) is 11.1 Å². The summed E-state index contributed by atoms with van der Waals surface area (Å²) in [5, 5.41) is 0. The number of ether oxygens (including phenoxy) is 1. The van der Waals surface area contributed by atoms with Gasteiger partial charge < -0.3 is 4.74 Å². The van der Waals surface area contributed by atoms with Gasteiger partial charge in [0.05, 0.1) is 0 Å². The molecule has 1 aromatic carbocycles. The minimum atomic E-state index is -4.28. The van der Waals surface area contributed by atoms with Gasteiger partial charge in [-0.05, 0) is 37.1 Å². The molecule has 0 amide bonds. The van der Waals surface area contributed by atoms with Gasteiger partial charge in [-0.3, -0.25) is 0 Å². The van der Waals surface area contributed by atoms with E-state index in [-0.39, 0.29) is 5.75 Å². The van der Waals surface area contributed by atoms with Crippen molar-refractivity contribution in [2.45, 2.75) is 20.0 Å². The Labute approximate surface area is 80.5 Å². The van der Waals surface area contributed by atoms with Crippen LogP contribution in [-0.4, -0.2) is 12.8 Å². The first-order valence-corrected chi connectivity index (χ1v) is 4.15. The highest BCUT2D eigenvalue weighted by atomic mass is 19.4. The molecule has 78 valence electrons. The molecule has 0 saturated carbocycles. The molecule has 0 spiro atoms. The molecule has 0 radical (unpaired) electrons. The summed E-state index contributed by atoms with van der Waals surface area (Å²) in [6.45, 7) is 2.39. The summed E-state index contributed by atoms with van der Waals surface area (Å²) in [4.78, 5) is 0. The van der Waals surface area contributed by atoms with Crippen molar-refractivity contribution >= 4 is 0 Å². The van der Waals surface area contributed by atoms with Crippen LogP contribution in [0.25, 0.3) is 0 Å². The Bertz CT molecular complexity index is 297. The molecule has 1 rings (SSSR count). The number of aryl methyl sites for hydroxylation is 2. The van der Waals surface area contributed by atoms with Crippen molar-refractivity contribution in [2.75, 3.05) is 6.61 Å². The van der Waals surface area contributed by atoms with Crippen molar-refractivity contribution in [2.24, 2.45) is 0 Å². The molecule has 0 unspecified atom stereocenters. The van der Waals surface area contributed by atoms with Gasteiger partial charge in [0.25, 0.3) is 0 Å². The third-order valence-electron chi connectivity index (χ3n) is 1.60. The molecular formula is C10H11F3O. The van der Waals surface area contributed by atoms with E-state index >= 15 is 0 Å². The van der Waals surface area contributed by atoms with Crippen molar-refractivity contribution in [1.29, 1.82) is 0 Å². The molecule has 14 heavy (non-hydrogen) atoms. The molecule has 0 aliphatic rings. The summed E-state index contributed by atoms with van der Waals surface area (Å²) in [5.41, 5.74) is 1.78. The number of halogens is 3. The van der Waals surface area contributed by atoms with Gasteiger partial charge in [-0.15, -0.1) is 0 Å². The molecule has 0 N–H and O–H groups in total. The van der Waals surface area contributed by atoms with Crippen molar-refractivity contribution < 1.29 is 17.9 Å². The van der Waals surface area contributed by atoms with Crippen molar-refractivity contribution in [3.63, 3.8) is 0 Å². The molecule has 0 aliphatic carbocycles. The quantitative estimate of drug-likeness (QED) is 0.718.